The second-order valence-corrected chi connectivity index (χ2v) is 4.93. The first-order chi connectivity index (χ1) is 8.84. The van der Waals surface area contributed by atoms with Crippen LogP contribution in [0.2, 0.25) is 0 Å². The summed E-state index contributed by atoms with van der Waals surface area (Å²) in [6.45, 7) is 8.15. The number of ether oxygens (including phenoxy) is 2. The summed E-state index contributed by atoms with van der Waals surface area (Å²) < 4.78 is 10.9. The Hall–Kier alpha value is -1.26. The summed E-state index contributed by atoms with van der Waals surface area (Å²) in [6.07, 6.45) is 1.09. The van der Waals surface area contributed by atoms with E-state index in [-0.39, 0.29) is 0 Å². The average Bonchev–Trinajstić information content (AvgIpc) is 2.88. The van der Waals surface area contributed by atoms with Crippen molar-refractivity contribution in [1.29, 1.82) is 0 Å². The molecule has 1 aromatic rings. The molecule has 0 bridgehead atoms. The SMILES string of the molecule is Cc1c(CCN2CCNCC2)ccc2c1OCO2. The highest BCUT2D eigenvalue weighted by Gasteiger charge is 2.18. The molecule has 1 aromatic carbocycles. The number of piperazine rings is 1. The van der Waals surface area contributed by atoms with Gasteiger partial charge in [0, 0.05) is 32.7 Å². The molecule has 4 heteroatoms. The molecule has 1 saturated heterocycles. The van der Waals surface area contributed by atoms with E-state index in [1.807, 2.05) is 6.07 Å². The number of hydrogen-bond acceptors (Lipinski definition) is 4. The molecule has 1 N–H and O–H groups in total. The maximum absolute atomic E-state index is 5.52. The van der Waals surface area contributed by atoms with Gasteiger partial charge in [0.25, 0.3) is 0 Å². The van der Waals surface area contributed by atoms with Crippen LogP contribution in [0.5, 0.6) is 11.5 Å². The molecule has 0 aromatic heterocycles. The quantitative estimate of drug-likeness (QED) is 0.870. The monoisotopic (exact) mass is 248 g/mol. The van der Waals surface area contributed by atoms with Crippen LogP contribution in [0.1, 0.15) is 11.1 Å². The lowest BCUT2D eigenvalue weighted by molar-refractivity contribution is 0.173. The van der Waals surface area contributed by atoms with Gasteiger partial charge in [0.05, 0.1) is 0 Å². The van der Waals surface area contributed by atoms with Gasteiger partial charge in [-0.3, -0.25) is 0 Å². The van der Waals surface area contributed by atoms with Gasteiger partial charge in [0.2, 0.25) is 6.79 Å². The second kappa shape index (κ2) is 5.16. The fraction of sp³-hybridized carbons (Fsp3) is 0.571. The summed E-state index contributed by atoms with van der Waals surface area (Å²) >= 11 is 0. The van der Waals surface area contributed by atoms with Gasteiger partial charge in [0.1, 0.15) is 0 Å². The van der Waals surface area contributed by atoms with Crippen molar-refractivity contribution in [2.75, 3.05) is 39.5 Å². The number of nitrogens with zero attached hydrogens (tertiary/aromatic N) is 1. The van der Waals surface area contributed by atoms with Crippen LogP contribution in [0.4, 0.5) is 0 Å². The van der Waals surface area contributed by atoms with Crippen LogP contribution in [0.3, 0.4) is 0 Å². The third-order valence-electron chi connectivity index (χ3n) is 3.81. The van der Waals surface area contributed by atoms with E-state index in [4.69, 9.17) is 9.47 Å². The fourth-order valence-corrected chi connectivity index (χ4v) is 2.64. The van der Waals surface area contributed by atoms with Gasteiger partial charge in [-0.15, -0.1) is 0 Å². The van der Waals surface area contributed by atoms with Crippen molar-refractivity contribution in [3.8, 4) is 11.5 Å². The van der Waals surface area contributed by atoms with E-state index >= 15 is 0 Å². The van der Waals surface area contributed by atoms with Crippen LogP contribution >= 0.6 is 0 Å². The maximum atomic E-state index is 5.52. The van der Waals surface area contributed by atoms with Crippen LogP contribution in [0.25, 0.3) is 0 Å². The van der Waals surface area contributed by atoms with E-state index in [2.05, 4.69) is 23.2 Å². The Balaban J connectivity index is 1.65. The first-order valence-corrected chi connectivity index (χ1v) is 6.66. The van der Waals surface area contributed by atoms with Gasteiger partial charge in [-0.1, -0.05) is 6.07 Å². The number of rotatable bonds is 3. The topological polar surface area (TPSA) is 33.7 Å². The van der Waals surface area contributed by atoms with E-state index in [1.54, 1.807) is 0 Å². The first-order valence-electron chi connectivity index (χ1n) is 6.66. The lowest BCUT2D eigenvalue weighted by atomic mass is 10.0. The Morgan fingerprint density at radius 2 is 2.06 bits per heavy atom. The lowest BCUT2D eigenvalue weighted by Gasteiger charge is -2.27. The minimum Gasteiger partial charge on any atom is -0.454 e. The van der Waals surface area contributed by atoms with Gasteiger partial charge in [-0.05, 0) is 30.5 Å². The van der Waals surface area contributed by atoms with Gasteiger partial charge in [-0.2, -0.15) is 0 Å². The highest BCUT2D eigenvalue weighted by atomic mass is 16.7. The third-order valence-corrected chi connectivity index (χ3v) is 3.81. The van der Waals surface area contributed by atoms with E-state index in [0.29, 0.717) is 6.79 Å². The van der Waals surface area contributed by atoms with E-state index in [0.717, 1.165) is 50.6 Å². The Labute approximate surface area is 108 Å². The predicted molar refractivity (Wildman–Crippen MR) is 70.3 cm³/mol. The molecular formula is C14H20N2O2. The van der Waals surface area contributed by atoms with Crippen LogP contribution in [0, 0.1) is 6.92 Å². The van der Waals surface area contributed by atoms with Crippen LogP contribution < -0.4 is 14.8 Å². The molecule has 4 nitrogen and oxygen atoms in total. The summed E-state index contributed by atoms with van der Waals surface area (Å²) in [5.74, 6) is 1.83. The minimum atomic E-state index is 0.359. The lowest BCUT2D eigenvalue weighted by Crippen LogP contribution is -2.44. The van der Waals surface area contributed by atoms with Crippen molar-refractivity contribution < 1.29 is 9.47 Å². The molecular weight excluding hydrogens is 228 g/mol. The highest BCUT2D eigenvalue weighted by molar-refractivity contribution is 5.51. The molecule has 2 aliphatic heterocycles. The molecule has 0 radical (unpaired) electrons. The Morgan fingerprint density at radius 1 is 1.22 bits per heavy atom. The number of nitrogens with one attached hydrogen (secondary N) is 1. The summed E-state index contributed by atoms with van der Waals surface area (Å²) in [6, 6.07) is 4.20. The zero-order valence-electron chi connectivity index (χ0n) is 10.9. The van der Waals surface area contributed by atoms with E-state index < -0.39 is 0 Å². The van der Waals surface area contributed by atoms with Gasteiger partial charge in [0.15, 0.2) is 11.5 Å². The highest BCUT2D eigenvalue weighted by Crippen LogP contribution is 2.37. The fourth-order valence-electron chi connectivity index (χ4n) is 2.64. The van der Waals surface area contributed by atoms with Crippen molar-refractivity contribution in [2.45, 2.75) is 13.3 Å². The number of hydrogen-bond donors (Lipinski definition) is 1. The summed E-state index contributed by atoms with van der Waals surface area (Å²) in [5, 5.41) is 3.38. The largest absolute Gasteiger partial charge is 0.454 e. The van der Waals surface area contributed by atoms with E-state index in [9.17, 15) is 0 Å². The molecule has 3 rings (SSSR count). The molecule has 2 aliphatic rings. The molecule has 98 valence electrons. The zero-order valence-corrected chi connectivity index (χ0v) is 10.9. The molecule has 18 heavy (non-hydrogen) atoms. The molecule has 0 atom stereocenters. The molecule has 0 unspecified atom stereocenters. The van der Waals surface area contributed by atoms with Crippen molar-refractivity contribution in [3.63, 3.8) is 0 Å². The number of benzene rings is 1. The van der Waals surface area contributed by atoms with Gasteiger partial charge in [-0.25, -0.2) is 0 Å². The predicted octanol–water partition coefficient (Wildman–Crippen LogP) is 1.17. The summed E-state index contributed by atoms with van der Waals surface area (Å²) in [4.78, 5) is 2.51. The third kappa shape index (κ3) is 2.31. The first kappa shape index (κ1) is 11.8. The standard InChI is InChI=1S/C14H20N2O2/c1-11-12(2-3-13-14(11)18-10-17-13)4-7-16-8-5-15-6-9-16/h2-3,15H,4-10H2,1H3. The van der Waals surface area contributed by atoms with Crippen LogP contribution in [0.15, 0.2) is 12.1 Å². The second-order valence-electron chi connectivity index (χ2n) is 4.93. The Kier molecular flexibility index (Phi) is 3.39. The molecule has 1 fully saturated rings. The van der Waals surface area contributed by atoms with Crippen LogP contribution in [-0.4, -0.2) is 44.4 Å². The number of fused-ring (bicyclic) bond motifs is 1. The molecule has 0 saturated carbocycles. The van der Waals surface area contributed by atoms with Crippen molar-refractivity contribution >= 4 is 0 Å². The molecule has 0 spiro atoms. The Bertz CT molecular complexity index is 428. The minimum absolute atomic E-state index is 0.359. The van der Waals surface area contributed by atoms with Crippen molar-refractivity contribution in [3.05, 3.63) is 23.3 Å². The summed E-state index contributed by atoms with van der Waals surface area (Å²) in [5.41, 5.74) is 2.61. The van der Waals surface area contributed by atoms with Gasteiger partial charge >= 0.3 is 0 Å². The zero-order chi connectivity index (χ0) is 12.4. The normalized spacial score (nSPS) is 19.2. The van der Waals surface area contributed by atoms with Crippen molar-refractivity contribution in [2.24, 2.45) is 0 Å². The smallest absolute Gasteiger partial charge is 0.231 e. The molecule has 0 aliphatic carbocycles. The van der Waals surface area contributed by atoms with Crippen LogP contribution in [-0.2, 0) is 6.42 Å². The van der Waals surface area contributed by atoms with Crippen molar-refractivity contribution in [1.82, 2.24) is 10.2 Å². The summed E-state index contributed by atoms with van der Waals surface area (Å²) in [7, 11) is 0. The van der Waals surface area contributed by atoms with Gasteiger partial charge < -0.3 is 19.7 Å². The molecule has 0 amide bonds. The Morgan fingerprint density at radius 3 is 2.89 bits per heavy atom. The average molecular weight is 248 g/mol. The van der Waals surface area contributed by atoms with E-state index in [1.165, 1.54) is 11.1 Å². The molecule has 2 heterocycles. The maximum Gasteiger partial charge on any atom is 0.231 e.